The van der Waals surface area contributed by atoms with Crippen LogP contribution in [-0.4, -0.2) is 12.4 Å². The van der Waals surface area contributed by atoms with E-state index in [-0.39, 0.29) is 5.78 Å². The Labute approximate surface area is 118 Å². The van der Waals surface area contributed by atoms with Crippen molar-refractivity contribution in [1.82, 2.24) is 0 Å². The zero-order valence-electron chi connectivity index (χ0n) is 11.1. The highest BCUT2D eigenvalue weighted by Crippen LogP contribution is 2.15. The molecule has 1 aromatic heterocycles. The largest absolute Gasteiger partial charge is 0.493 e. The van der Waals surface area contributed by atoms with Crippen molar-refractivity contribution in [2.75, 3.05) is 6.61 Å². The number of hydrogen-bond donors (Lipinski definition) is 0. The molecule has 2 rings (SSSR count). The van der Waals surface area contributed by atoms with Crippen LogP contribution in [0.15, 0.2) is 41.8 Å². The predicted molar refractivity (Wildman–Crippen MR) is 79.0 cm³/mol. The number of aryl methyl sites for hydroxylation is 1. The fourth-order valence-electron chi connectivity index (χ4n) is 1.80. The summed E-state index contributed by atoms with van der Waals surface area (Å²) in [5, 5.41) is 2.08. The molecule has 0 saturated heterocycles. The third-order valence-corrected chi connectivity index (χ3v) is 3.82. The quantitative estimate of drug-likeness (QED) is 0.765. The van der Waals surface area contributed by atoms with Crippen molar-refractivity contribution < 1.29 is 9.53 Å². The first-order valence-electron chi connectivity index (χ1n) is 6.47. The summed E-state index contributed by atoms with van der Waals surface area (Å²) in [5.41, 5.74) is 1.18. The molecule has 0 aliphatic rings. The number of ketones is 1. The summed E-state index contributed by atoms with van der Waals surface area (Å²) in [6, 6.07) is 12.2. The maximum Gasteiger partial charge on any atom is 0.130 e. The molecule has 2 nitrogen and oxygen atoms in total. The van der Waals surface area contributed by atoms with Crippen LogP contribution in [-0.2, 0) is 17.6 Å². The van der Waals surface area contributed by atoms with Gasteiger partial charge in [0.15, 0.2) is 0 Å². The van der Waals surface area contributed by atoms with E-state index in [0.29, 0.717) is 13.0 Å². The minimum Gasteiger partial charge on any atom is -0.493 e. The third kappa shape index (κ3) is 4.87. The van der Waals surface area contributed by atoms with E-state index in [1.54, 1.807) is 18.3 Å². The van der Waals surface area contributed by atoms with Gasteiger partial charge in [-0.1, -0.05) is 18.2 Å². The highest BCUT2D eigenvalue weighted by Gasteiger charge is 1.99. The van der Waals surface area contributed by atoms with Gasteiger partial charge in [-0.05, 0) is 42.5 Å². The Bertz CT molecular complexity index is 500. The van der Waals surface area contributed by atoms with Gasteiger partial charge in [0.05, 0.1) is 6.61 Å². The van der Waals surface area contributed by atoms with Crippen LogP contribution in [0, 0.1) is 0 Å². The predicted octanol–water partition coefficient (Wildman–Crippen LogP) is 3.89. The summed E-state index contributed by atoms with van der Waals surface area (Å²) in [6.45, 7) is 2.33. The highest BCUT2D eigenvalue weighted by molar-refractivity contribution is 7.09. The molecular weight excluding hydrogens is 256 g/mol. The maximum atomic E-state index is 10.9. The van der Waals surface area contributed by atoms with Crippen LogP contribution in [0.3, 0.4) is 0 Å². The summed E-state index contributed by atoms with van der Waals surface area (Å²) < 4.78 is 5.70. The molecule has 0 bridgehead atoms. The number of rotatable bonds is 7. The van der Waals surface area contributed by atoms with Gasteiger partial charge in [0, 0.05) is 17.7 Å². The van der Waals surface area contributed by atoms with Gasteiger partial charge in [-0.3, -0.25) is 0 Å². The van der Waals surface area contributed by atoms with Crippen LogP contribution in [0.5, 0.6) is 5.75 Å². The Morgan fingerprint density at radius 3 is 2.58 bits per heavy atom. The molecule has 1 aromatic carbocycles. The van der Waals surface area contributed by atoms with Gasteiger partial charge in [-0.15, -0.1) is 11.3 Å². The number of carbonyl (C=O) groups excluding carboxylic acids is 1. The lowest BCUT2D eigenvalue weighted by Gasteiger charge is -2.06. The van der Waals surface area contributed by atoms with Crippen LogP contribution in [0.1, 0.15) is 23.8 Å². The average Bonchev–Trinajstić information content (AvgIpc) is 2.91. The Morgan fingerprint density at radius 1 is 1.16 bits per heavy atom. The van der Waals surface area contributed by atoms with Gasteiger partial charge < -0.3 is 9.53 Å². The first-order chi connectivity index (χ1) is 9.24. The molecule has 19 heavy (non-hydrogen) atoms. The van der Waals surface area contributed by atoms with Gasteiger partial charge in [0.2, 0.25) is 0 Å². The Balaban J connectivity index is 1.76. The number of benzene rings is 1. The van der Waals surface area contributed by atoms with Gasteiger partial charge >= 0.3 is 0 Å². The number of ether oxygens (including phenoxy) is 1. The van der Waals surface area contributed by atoms with Crippen molar-refractivity contribution in [2.24, 2.45) is 0 Å². The van der Waals surface area contributed by atoms with E-state index in [1.807, 2.05) is 24.3 Å². The molecule has 0 spiro atoms. The topological polar surface area (TPSA) is 26.3 Å². The fourth-order valence-corrected chi connectivity index (χ4v) is 2.49. The van der Waals surface area contributed by atoms with E-state index in [0.717, 1.165) is 18.6 Å². The molecule has 0 aliphatic carbocycles. The van der Waals surface area contributed by atoms with Gasteiger partial charge in [-0.2, -0.15) is 0 Å². The van der Waals surface area contributed by atoms with Crippen molar-refractivity contribution >= 4 is 17.1 Å². The summed E-state index contributed by atoms with van der Waals surface area (Å²) in [6.07, 6.45) is 2.37. The molecule has 2 aromatic rings. The molecule has 3 heteroatoms. The molecule has 0 unspecified atom stereocenters. The van der Waals surface area contributed by atoms with E-state index in [2.05, 4.69) is 17.5 Å². The minimum absolute atomic E-state index is 0.233. The van der Waals surface area contributed by atoms with Crippen molar-refractivity contribution in [2.45, 2.75) is 26.2 Å². The van der Waals surface area contributed by atoms with E-state index >= 15 is 0 Å². The third-order valence-electron chi connectivity index (χ3n) is 2.89. The van der Waals surface area contributed by atoms with Crippen LogP contribution in [0.2, 0.25) is 0 Å². The van der Waals surface area contributed by atoms with Crippen LogP contribution in [0.4, 0.5) is 0 Å². The number of thiophene rings is 1. The van der Waals surface area contributed by atoms with Gasteiger partial charge in [-0.25, -0.2) is 0 Å². The number of Topliss-reactive ketones (excluding diaryl/α,β-unsaturated/α-hetero) is 1. The standard InChI is InChI=1S/C16H18O2S/c1-13(17)4-5-14-6-8-15(9-7-14)18-11-10-16-3-2-12-19-16/h2-3,6-9,12H,4-5,10-11H2,1H3. The summed E-state index contributed by atoms with van der Waals surface area (Å²) in [4.78, 5) is 12.3. The number of carbonyl (C=O) groups is 1. The van der Waals surface area contributed by atoms with Gasteiger partial charge in [0.1, 0.15) is 11.5 Å². The SMILES string of the molecule is CC(=O)CCc1ccc(OCCc2cccs2)cc1. The molecule has 0 atom stereocenters. The smallest absolute Gasteiger partial charge is 0.130 e. The minimum atomic E-state index is 0.233. The van der Waals surface area contributed by atoms with E-state index in [9.17, 15) is 4.79 Å². The van der Waals surface area contributed by atoms with Crippen LogP contribution >= 0.6 is 11.3 Å². The summed E-state index contributed by atoms with van der Waals surface area (Å²) >= 11 is 1.76. The van der Waals surface area contributed by atoms with Crippen molar-refractivity contribution in [3.63, 3.8) is 0 Å². The van der Waals surface area contributed by atoms with E-state index in [4.69, 9.17) is 4.74 Å². The van der Waals surface area contributed by atoms with E-state index < -0.39 is 0 Å². The number of hydrogen-bond acceptors (Lipinski definition) is 3. The Kier molecular flexibility index (Phi) is 5.16. The van der Waals surface area contributed by atoms with Gasteiger partial charge in [0.25, 0.3) is 0 Å². The van der Waals surface area contributed by atoms with Crippen LogP contribution in [0.25, 0.3) is 0 Å². The first-order valence-corrected chi connectivity index (χ1v) is 7.35. The molecular formula is C16H18O2S. The lowest BCUT2D eigenvalue weighted by molar-refractivity contribution is -0.116. The van der Waals surface area contributed by atoms with Crippen LogP contribution < -0.4 is 4.74 Å². The monoisotopic (exact) mass is 274 g/mol. The fraction of sp³-hybridized carbons (Fsp3) is 0.312. The highest BCUT2D eigenvalue weighted by atomic mass is 32.1. The molecule has 1 heterocycles. The second-order valence-corrected chi connectivity index (χ2v) is 5.56. The zero-order valence-corrected chi connectivity index (χ0v) is 11.9. The molecule has 0 fully saturated rings. The molecule has 0 amide bonds. The summed E-state index contributed by atoms with van der Waals surface area (Å²) in [5.74, 6) is 1.12. The normalized spacial score (nSPS) is 10.4. The molecule has 0 N–H and O–H groups in total. The second-order valence-electron chi connectivity index (χ2n) is 4.52. The van der Waals surface area contributed by atoms with E-state index in [1.165, 1.54) is 10.4 Å². The molecule has 100 valence electrons. The van der Waals surface area contributed by atoms with Crippen molar-refractivity contribution in [1.29, 1.82) is 0 Å². The second kappa shape index (κ2) is 7.10. The Hall–Kier alpha value is -1.61. The molecule has 0 aliphatic heterocycles. The first kappa shape index (κ1) is 13.8. The average molecular weight is 274 g/mol. The maximum absolute atomic E-state index is 10.9. The van der Waals surface area contributed by atoms with Crippen molar-refractivity contribution in [3.05, 3.63) is 52.2 Å². The summed E-state index contributed by atoms with van der Waals surface area (Å²) in [7, 11) is 0. The molecule has 0 radical (unpaired) electrons. The lowest BCUT2D eigenvalue weighted by Crippen LogP contribution is -2.00. The zero-order chi connectivity index (χ0) is 13.5. The lowest BCUT2D eigenvalue weighted by atomic mass is 10.1. The molecule has 0 saturated carbocycles. The van der Waals surface area contributed by atoms with Crippen molar-refractivity contribution in [3.8, 4) is 5.75 Å². The Morgan fingerprint density at radius 2 is 1.95 bits per heavy atom.